The fourth-order valence-electron chi connectivity index (χ4n) is 2.85. The van der Waals surface area contributed by atoms with Gasteiger partial charge in [0.05, 0.1) is 13.0 Å². The molecule has 1 aromatic rings. The van der Waals surface area contributed by atoms with Crippen LogP contribution in [0.3, 0.4) is 0 Å². The zero-order valence-electron chi connectivity index (χ0n) is 12.2. The van der Waals surface area contributed by atoms with Crippen LogP contribution in [0.2, 0.25) is 0 Å². The average Bonchev–Trinajstić information content (AvgIpc) is 2.52. The molecule has 1 saturated carbocycles. The fourth-order valence-corrected chi connectivity index (χ4v) is 2.85. The summed E-state index contributed by atoms with van der Waals surface area (Å²) < 4.78 is 5.05. The molecule has 0 aliphatic heterocycles. The maximum atomic E-state index is 12.1. The van der Waals surface area contributed by atoms with Crippen LogP contribution in [0.5, 0.6) is 5.75 Å². The van der Waals surface area contributed by atoms with E-state index in [2.05, 4.69) is 5.32 Å². The second-order valence-corrected chi connectivity index (χ2v) is 5.43. The molecule has 0 aromatic heterocycles. The highest BCUT2D eigenvalue weighted by atomic mass is 16.5. The smallest absolute Gasteiger partial charge is 0.306 e. The van der Waals surface area contributed by atoms with Crippen molar-refractivity contribution in [2.75, 3.05) is 13.7 Å². The number of nitrogens with one attached hydrogen (secondary N) is 1. The molecule has 0 bridgehead atoms. The number of carboxylic acids is 1. The van der Waals surface area contributed by atoms with Crippen LogP contribution in [-0.2, 0) is 4.79 Å². The molecule has 1 amide bonds. The van der Waals surface area contributed by atoms with Crippen molar-refractivity contribution >= 4 is 11.9 Å². The van der Waals surface area contributed by atoms with Gasteiger partial charge in [-0.1, -0.05) is 12.8 Å². The van der Waals surface area contributed by atoms with Crippen LogP contribution in [0.25, 0.3) is 0 Å². The van der Waals surface area contributed by atoms with E-state index in [-0.39, 0.29) is 17.7 Å². The third-order valence-electron chi connectivity index (χ3n) is 4.10. The van der Waals surface area contributed by atoms with Crippen LogP contribution in [0, 0.1) is 11.8 Å². The summed E-state index contributed by atoms with van der Waals surface area (Å²) in [5, 5.41) is 12.1. The lowest BCUT2D eigenvalue weighted by Gasteiger charge is -2.28. The number of amides is 1. The highest BCUT2D eigenvalue weighted by Crippen LogP contribution is 2.29. The summed E-state index contributed by atoms with van der Waals surface area (Å²) in [7, 11) is 1.57. The molecule has 1 fully saturated rings. The Morgan fingerprint density at radius 3 is 2.52 bits per heavy atom. The summed E-state index contributed by atoms with van der Waals surface area (Å²) in [6, 6.07) is 6.86. The van der Waals surface area contributed by atoms with E-state index in [0.717, 1.165) is 19.3 Å². The number of benzene rings is 1. The Morgan fingerprint density at radius 1 is 1.24 bits per heavy atom. The number of hydrogen-bond donors (Lipinski definition) is 2. The number of carboxylic acid groups (broad SMARTS) is 1. The molecule has 21 heavy (non-hydrogen) atoms. The Kier molecular flexibility index (Phi) is 5.20. The normalized spacial score (nSPS) is 21.6. The number of ether oxygens (including phenoxy) is 1. The minimum atomic E-state index is -0.751. The van der Waals surface area contributed by atoms with Crippen LogP contribution < -0.4 is 10.1 Å². The number of methoxy groups -OCH3 is 1. The Hall–Kier alpha value is -2.04. The monoisotopic (exact) mass is 291 g/mol. The van der Waals surface area contributed by atoms with Crippen molar-refractivity contribution in [2.24, 2.45) is 11.8 Å². The highest BCUT2D eigenvalue weighted by Gasteiger charge is 2.30. The molecule has 2 rings (SSSR count). The van der Waals surface area contributed by atoms with E-state index < -0.39 is 5.97 Å². The van der Waals surface area contributed by atoms with Crippen molar-refractivity contribution in [3.63, 3.8) is 0 Å². The lowest BCUT2D eigenvalue weighted by molar-refractivity contribution is -0.144. The minimum absolute atomic E-state index is 0.0263. The molecule has 2 unspecified atom stereocenters. The molecule has 0 saturated heterocycles. The molecular formula is C16H21NO4. The maximum absolute atomic E-state index is 12.1. The van der Waals surface area contributed by atoms with Crippen LogP contribution in [0.4, 0.5) is 0 Å². The van der Waals surface area contributed by atoms with Crippen molar-refractivity contribution < 1.29 is 19.4 Å². The summed E-state index contributed by atoms with van der Waals surface area (Å²) in [4.78, 5) is 23.3. The first kappa shape index (κ1) is 15.4. The highest BCUT2D eigenvalue weighted by molar-refractivity contribution is 5.94. The van der Waals surface area contributed by atoms with Gasteiger partial charge in [-0.3, -0.25) is 9.59 Å². The van der Waals surface area contributed by atoms with E-state index in [1.807, 2.05) is 0 Å². The van der Waals surface area contributed by atoms with E-state index >= 15 is 0 Å². The van der Waals surface area contributed by atoms with Gasteiger partial charge in [0.25, 0.3) is 5.91 Å². The van der Waals surface area contributed by atoms with Crippen molar-refractivity contribution in [2.45, 2.75) is 25.7 Å². The van der Waals surface area contributed by atoms with Gasteiger partial charge in [-0.15, -0.1) is 0 Å². The second-order valence-electron chi connectivity index (χ2n) is 5.43. The Balaban J connectivity index is 1.91. The molecule has 2 N–H and O–H groups in total. The SMILES string of the molecule is COc1ccc(C(=O)NCC2CCCCC2C(=O)O)cc1. The van der Waals surface area contributed by atoms with E-state index in [0.29, 0.717) is 24.3 Å². The zero-order chi connectivity index (χ0) is 15.2. The van der Waals surface area contributed by atoms with Crippen LogP contribution in [0.1, 0.15) is 36.0 Å². The molecule has 0 spiro atoms. The molecule has 1 aromatic carbocycles. The molecule has 1 aliphatic carbocycles. The number of hydrogen-bond acceptors (Lipinski definition) is 3. The quantitative estimate of drug-likeness (QED) is 0.873. The lowest BCUT2D eigenvalue weighted by Crippen LogP contribution is -2.37. The largest absolute Gasteiger partial charge is 0.497 e. The summed E-state index contributed by atoms with van der Waals surface area (Å²) in [6.07, 6.45) is 3.56. The van der Waals surface area contributed by atoms with E-state index in [1.54, 1.807) is 31.4 Å². The van der Waals surface area contributed by atoms with Gasteiger partial charge < -0.3 is 15.2 Å². The standard InChI is InChI=1S/C16H21NO4/c1-21-13-8-6-11(7-9-13)15(18)17-10-12-4-2-3-5-14(12)16(19)20/h6-9,12,14H,2-5,10H2,1H3,(H,17,18)(H,19,20). The van der Waals surface area contributed by atoms with Gasteiger partial charge in [0.15, 0.2) is 0 Å². The Bertz CT molecular complexity index is 498. The molecular weight excluding hydrogens is 270 g/mol. The van der Waals surface area contributed by atoms with Crippen molar-refractivity contribution in [3.05, 3.63) is 29.8 Å². The van der Waals surface area contributed by atoms with Crippen molar-refractivity contribution in [1.82, 2.24) is 5.32 Å². The summed E-state index contributed by atoms with van der Waals surface area (Å²) >= 11 is 0. The average molecular weight is 291 g/mol. The number of carbonyl (C=O) groups is 2. The number of aliphatic carboxylic acids is 1. The van der Waals surface area contributed by atoms with Crippen LogP contribution >= 0.6 is 0 Å². The first-order valence-corrected chi connectivity index (χ1v) is 7.27. The Labute approximate surface area is 124 Å². The Morgan fingerprint density at radius 2 is 1.90 bits per heavy atom. The summed E-state index contributed by atoms with van der Waals surface area (Å²) in [5.41, 5.74) is 0.554. The predicted octanol–water partition coefficient (Wildman–Crippen LogP) is 2.32. The van der Waals surface area contributed by atoms with Gasteiger partial charge in [-0.05, 0) is 43.0 Å². The van der Waals surface area contributed by atoms with Gasteiger partial charge in [-0.2, -0.15) is 0 Å². The van der Waals surface area contributed by atoms with Gasteiger partial charge in [0, 0.05) is 12.1 Å². The number of carbonyl (C=O) groups excluding carboxylic acids is 1. The molecule has 1 aliphatic rings. The van der Waals surface area contributed by atoms with E-state index in [1.165, 1.54) is 0 Å². The summed E-state index contributed by atoms with van der Waals surface area (Å²) in [5.74, 6) is -0.538. The van der Waals surface area contributed by atoms with Crippen LogP contribution in [-0.4, -0.2) is 30.6 Å². The molecule has 0 radical (unpaired) electrons. The minimum Gasteiger partial charge on any atom is -0.497 e. The fraction of sp³-hybridized carbons (Fsp3) is 0.500. The second kappa shape index (κ2) is 7.11. The number of rotatable bonds is 5. The zero-order valence-corrected chi connectivity index (χ0v) is 12.2. The van der Waals surface area contributed by atoms with Gasteiger partial charge in [-0.25, -0.2) is 0 Å². The molecule has 0 heterocycles. The van der Waals surface area contributed by atoms with Gasteiger partial charge in [0.1, 0.15) is 5.75 Å². The first-order chi connectivity index (χ1) is 10.1. The predicted molar refractivity (Wildman–Crippen MR) is 78.4 cm³/mol. The lowest BCUT2D eigenvalue weighted by atomic mass is 9.79. The van der Waals surface area contributed by atoms with Crippen molar-refractivity contribution in [3.8, 4) is 5.75 Å². The van der Waals surface area contributed by atoms with Crippen molar-refractivity contribution in [1.29, 1.82) is 0 Å². The first-order valence-electron chi connectivity index (χ1n) is 7.27. The molecule has 5 nitrogen and oxygen atoms in total. The van der Waals surface area contributed by atoms with E-state index in [4.69, 9.17) is 4.74 Å². The third kappa shape index (κ3) is 3.97. The summed E-state index contributed by atoms with van der Waals surface area (Å²) in [6.45, 7) is 0.418. The van der Waals surface area contributed by atoms with Gasteiger partial charge >= 0.3 is 5.97 Å². The third-order valence-corrected chi connectivity index (χ3v) is 4.10. The van der Waals surface area contributed by atoms with E-state index in [9.17, 15) is 14.7 Å². The molecule has 5 heteroatoms. The molecule has 114 valence electrons. The molecule has 2 atom stereocenters. The van der Waals surface area contributed by atoms with Crippen LogP contribution in [0.15, 0.2) is 24.3 Å². The topological polar surface area (TPSA) is 75.6 Å². The van der Waals surface area contributed by atoms with Gasteiger partial charge in [0.2, 0.25) is 0 Å². The maximum Gasteiger partial charge on any atom is 0.306 e.